The fraction of sp³-hybridized carbons (Fsp3) is 0.381. The summed E-state index contributed by atoms with van der Waals surface area (Å²) in [7, 11) is 0. The zero-order valence-electron chi connectivity index (χ0n) is 16.3. The molecule has 2 heterocycles. The zero-order valence-corrected chi connectivity index (χ0v) is 16.3. The Morgan fingerprint density at radius 2 is 1.82 bits per heavy atom. The minimum absolute atomic E-state index is 0.0695. The van der Waals surface area contributed by atoms with Crippen molar-refractivity contribution >= 4 is 17.6 Å². The van der Waals surface area contributed by atoms with E-state index in [1.807, 2.05) is 25.1 Å². The van der Waals surface area contributed by atoms with Gasteiger partial charge in [-0.3, -0.25) is 9.59 Å². The number of pyridine rings is 1. The largest absolute Gasteiger partial charge is 0.494 e. The van der Waals surface area contributed by atoms with Crippen molar-refractivity contribution in [2.24, 2.45) is 0 Å². The number of piperazine rings is 1. The first-order valence-electron chi connectivity index (χ1n) is 9.57. The summed E-state index contributed by atoms with van der Waals surface area (Å²) in [5.74, 6) is 1.30. The van der Waals surface area contributed by atoms with Crippen molar-refractivity contribution in [2.45, 2.75) is 19.9 Å². The number of hydrogen-bond donors (Lipinski definition) is 1. The van der Waals surface area contributed by atoms with Crippen molar-refractivity contribution in [2.75, 3.05) is 37.7 Å². The fourth-order valence-corrected chi connectivity index (χ4v) is 3.18. The summed E-state index contributed by atoms with van der Waals surface area (Å²) in [5, 5.41) is 2.79. The number of carbonyl (C=O) groups is 2. The number of carbonyl (C=O) groups excluding carboxylic acids is 2. The highest BCUT2D eigenvalue weighted by Gasteiger charge is 2.26. The number of aromatic nitrogens is 1. The Kier molecular flexibility index (Phi) is 6.47. The van der Waals surface area contributed by atoms with Crippen molar-refractivity contribution in [1.82, 2.24) is 15.2 Å². The minimum atomic E-state index is -0.583. The molecule has 0 radical (unpaired) electrons. The molecule has 0 spiro atoms. The third-order valence-electron chi connectivity index (χ3n) is 4.71. The molecule has 1 aliphatic rings. The highest BCUT2D eigenvalue weighted by atomic mass is 16.5. The number of amides is 2. The van der Waals surface area contributed by atoms with E-state index in [1.165, 1.54) is 0 Å². The topological polar surface area (TPSA) is 74.8 Å². The van der Waals surface area contributed by atoms with E-state index in [9.17, 15) is 9.59 Å². The molecule has 1 atom stereocenters. The monoisotopic (exact) mass is 382 g/mol. The minimum Gasteiger partial charge on any atom is -0.494 e. The maximum atomic E-state index is 12.7. The summed E-state index contributed by atoms with van der Waals surface area (Å²) in [6.45, 7) is 6.87. The number of anilines is 1. The summed E-state index contributed by atoms with van der Waals surface area (Å²) < 4.78 is 5.38. The van der Waals surface area contributed by atoms with Crippen LogP contribution in [0.25, 0.3) is 0 Å². The number of benzene rings is 1. The molecule has 0 saturated carbocycles. The van der Waals surface area contributed by atoms with Gasteiger partial charge in [0.05, 0.1) is 6.61 Å². The van der Waals surface area contributed by atoms with E-state index in [4.69, 9.17) is 4.74 Å². The van der Waals surface area contributed by atoms with E-state index in [1.54, 1.807) is 42.3 Å². The average Bonchev–Trinajstić information content (AvgIpc) is 2.74. The first kappa shape index (κ1) is 19.7. The standard InChI is InChI=1S/C21H26N4O3/c1-3-28-18-9-7-17(8-10-18)20(26)23-16(2)21(27)25-14-12-24(13-15-25)19-6-4-5-11-22-19/h4-11,16H,3,12-15H2,1-2H3,(H,23,26). The molecule has 2 amide bonds. The molecule has 1 aromatic heterocycles. The molecule has 1 N–H and O–H groups in total. The van der Waals surface area contributed by atoms with Crippen LogP contribution in [0.5, 0.6) is 5.75 Å². The lowest BCUT2D eigenvalue weighted by Gasteiger charge is -2.36. The summed E-state index contributed by atoms with van der Waals surface area (Å²) >= 11 is 0. The third-order valence-corrected chi connectivity index (χ3v) is 4.71. The molecule has 1 aromatic carbocycles. The molecule has 1 aliphatic heterocycles. The van der Waals surface area contributed by atoms with Crippen LogP contribution in [0.2, 0.25) is 0 Å². The number of nitrogens with one attached hydrogen (secondary N) is 1. The van der Waals surface area contributed by atoms with Gasteiger partial charge in [0.25, 0.3) is 5.91 Å². The van der Waals surface area contributed by atoms with Crippen molar-refractivity contribution in [1.29, 1.82) is 0 Å². The van der Waals surface area contributed by atoms with Gasteiger partial charge < -0.3 is 19.9 Å². The number of nitrogens with zero attached hydrogens (tertiary/aromatic N) is 3. The van der Waals surface area contributed by atoms with Crippen LogP contribution < -0.4 is 15.0 Å². The van der Waals surface area contributed by atoms with Crippen molar-refractivity contribution in [3.63, 3.8) is 0 Å². The Morgan fingerprint density at radius 3 is 2.43 bits per heavy atom. The highest BCUT2D eigenvalue weighted by Crippen LogP contribution is 2.14. The Balaban J connectivity index is 1.51. The smallest absolute Gasteiger partial charge is 0.251 e. The van der Waals surface area contributed by atoms with E-state index in [0.717, 1.165) is 18.9 Å². The van der Waals surface area contributed by atoms with E-state index in [2.05, 4.69) is 15.2 Å². The summed E-state index contributed by atoms with van der Waals surface area (Å²) in [5.41, 5.74) is 0.503. The van der Waals surface area contributed by atoms with Crippen LogP contribution in [0, 0.1) is 0 Å². The van der Waals surface area contributed by atoms with E-state index >= 15 is 0 Å². The predicted octanol–water partition coefficient (Wildman–Crippen LogP) is 1.95. The molecule has 7 heteroatoms. The van der Waals surface area contributed by atoms with Gasteiger partial charge in [0.1, 0.15) is 17.6 Å². The second kappa shape index (κ2) is 9.21. The van der Waals surface area contributed by atoms with Crippen LogP contribution in [0.15, 0.2) is 48.7 Å². The number of hydrogen-bond acceptors (Lipinski definition) is 5. The highest BCUT2D eigenvalue weighted by molar-refractivity contribution is 5.97. The van der Waals surface area contributed by atoms with Crippen LogP contribution in [0.4, 0.5) is 5.82 Å². The molecular formula is C21H26N4O3. The van der Waals surface area contributed by atoms with Crippen LogP contribution >= 0.6 is 0 Å². The lowest BCUT2D eigenvalue weighted by Crippen LogP contribution is -2.54. The van der Waals surface area contributed by atoms with Gasteiger partial charge in [-0.05, 0) is 50.2 Å². The normalized spacial score (nSPS) is 15.1. The van der Waals surface area contributed by atoms with Gasteiger partial charge in [-0.15, -0.1) is 0 Å². The van der Waals surface area contributed by atoms with Crippen molar-refractivity contribution in [3.05, 3.63) is 54.2 Å². The van der Waals surface area contributed by atoms with Crippen LogP contribution in [-0.2, 0) is 4.79 Å². The van der Waals surface area contributed by atoms with E-state index in [0.29, 0.717) is 31.0 Å². The van der Waals surface area contributed by atoms with E-state index in [-0.39, 0.29) is 11.8 Å². The van der Waals surface area contributed by atoms with Gasteiger partial charge in [-0.25, -0.2) is 4.98 Å². The lowest BCUT2D eigenvalue weighted by atomic mass is 10.1. The molecule has 1 saturated heterocycles. The van der Waals surface area contributed by atoms with Gasteiger partial charge in [0, 0.05) is 37.9 Å². The molecule has 148 valence electrons. The Labute approximate surface area is 165 Å². The van der Waals surface area contributed by atoms with Crippen LogP contribution in [-0.4, -0.2) is 60.5 Å². The van der Waals surface area contributed by atoms with Gasteiger partial charge in [0.2, 0.25) is 5.91 Å². The SMILES string of the molecule is CCOc1ccc(C(=O)NC(C)C(=O)N2CCN(c3ccccn3)CC2)cc1. The zero-order chi connectivity index (χ0) is 19.9. The lowest BCUT2D eigenvalue weighted by molar-refractivity contribution is -0.133. The maximum absolute atomic E-state index is 12.7. The average molecular weight is 382 g/mol. The first-order valence-corrected chi connectivity index (χ1v) is 9.57. The molecule has 28 heavy (non-hydrogen) atoms. The predicted molar refractivity (Wildman–Crippen MR) is 108 cm³/mol. The second-order valence-electron chi connectivity index (χ2n) is 6.65. The van der Waals surface area contributed by atoms with Gasteiger partial charge in [-0.1, -0.05) is 6.07 Å². The number of rotatable bonds is 6. The molecule has 2 aromatic rings. The maximum Gasteiger partial charge on any atom is 0.251 e. The molecule has 7 nitrogen and oxygen atoms in total. The first-order chi connectivity index (χ1) is 13.6. The van der Waals surface area contributed by atoms with Crippen molar-refractivity contribution in [3.8, 4) is 5.75 Å². The fourth-order valence-electron chi connectivity index (χ4n) is 3.18. The Morgan fingerprint density at radius 1 is 1.11 bits per heavy atom. The number of ether oxygens (including phenoxy) is 1. The molecular weight excluding hydrogens is 356 g/mol. The Hall–Kier alpha value is -3.09. The summed E-state index contributed by atoms with van der Waals surface area (Å²) in [4.78, 5) is 33.4. The molecule has 0 aliphatic carbocycles. The molecule has 1 unspecified atom stereocenters. The van der Waals surface area contributed by atoms with E-state index < -0.39 is 6.04 Å². The third kappa shape index (κ3) is 4.79. The van der Waals surface area contributed by atoms with Gasteiger partial charge in [0.15, 0.2) is 0 Å². The summed E-state index contributed by atoms with van der Waals surface area (Å²) in [6.07, 6.45) is 1.77. The Bertz CT molecular complexity index is 787. The molecule has 1 fully saturated rings. The van der Waals surface area contributed by atoms with Gasteiger partial charge >= 0.3 is 0 Å². The summed E-state index contributed by atoms with van der Waals surface area (Å²) in [6, 6.07) is 12.1. The molecule has 3 rings (SSSR count). The quantitative estimate of drug-likeness (QED) is 0.827. The second-order valence-corrected chi connectivity index (χ2v) is 6.65. The van der Waals surface area contributed by atoms with Crippen LogP contribution in [0.1, 0.15) is 24.2 Å². The molecule has 0 bridgehead atoms. The van der Waals surface area contributed by atoms with Crippen LogP contribution in [0.3, 0.4) is 0 Å². The van der Waals surface area contributed by atoms with Gasteiger partial charge in [-0.2, -0.15) is 0 Å². The van der Waals surface area contributed by atoms with Crippen molar-refractivity contribution < 1.29 is 14.3 Å².